The highest BCUT2D eigenvalue weighted by Crippen LogP contribution is 2.27. The Bertz CT molecular complexity index is 543. The van der Waals surface area contributed by atoms with Crippen LogP contribution in [-0.4, -0.2) is 44.2 Å². The molecular weight excluding hydrogens is 228 g/mol. The minimum absolute atomic E-state index is 0.197. The van der Waals surface area contributed by atoms with Gasteiger partial charge in [0.1, 0.15) is 0 Å². The molecule has 0 saturated carbocycles. The van der Waals surface area contributed by atoms with E-state index in [1.54, 1.807) is 16.6 Å². The van der Waals surface area contributed by atoms with Crippen LogP contribution in [0.25, 0.3) is 5.65 Å². The monoisotopic (exact) mass is 246 g/mol. The van der Waals surface area contributed by atoms with E-state index in [0.717, 1.165) is 38.3 Å². The third kappa shape index (κ3) is 1.95. The van der Waals surface area contributed by atoms with Gasteiger partial charge in [0.25, 0.3) is 0 Å². The summed E-state index contributed by atoms with van der Waals surface area (Å²) in [6.45, 7) is 5.54. The van der Waals surface area contributed by atoms with Gasteiger partial charge in [-0.25, -0.2) is 9.50 Å². The van der Waals surface area contributed by atoms with Crippen LogP contribution in [0.1, 0.15) is 31.5 Å². The number of pyridine rings is 1. The highest BCUT2D eigenvalue weighted by Gasteiger charge is 2.23. The Labute approximate surface area is 106 Å². The molecule has 2 aromatic rings. The quantitative estimate of drug-likeness (QED) is 0.875. The number of hydrogen-bond acceptors (Lipinski definition) is 4. The van der Waals surface area contributed by atoms with Gasteiger partial charge in [-0.3, -0.25) is 0 Å². The summed E-state index contributed by atoms with van der Waals surface area (Å²) in [5.74, 6) is 1.49. The van der Waals surface area contributed by atoms with E-state index >= 15 is 0 Å². The number of likely N-dealkylation sites (tertiary alicyclic amines) is 1. The molecule has 1 N–H and O–H groups in total. The number of aromatic hydroxyl groups is 1. The van der Waals surface area contributed by atoms with Crippen LogP contribution in [-0.2, 0) is 0 Å². The van der Waals surface area contributed by atoms with Crippen LogP contribution in [0.5, 0.6) is 5.75 Å². The van der Waals surface area contributed by atoms with Gasteiger partial charge in [0.05, 0.1) is 0 Å². The van der Waals surface area contributed by atoms with Crippen molar-refractivity contribution in [2.45, 2.75) is 25.7 Å². The minimum Gasteiger partial charge on any atom is -0.504 e. The first-order valence-electron chi connectivity index (χ1n) is 6.54. The molecule has 3 heterocycles. The smallest absolute Gasteiger partial charge is 0.197 e. The first-order chi connectivity index (χ1) is 8.78. The molecule has 0 spiro atoms. The molecule has 0 amide bonds. The van der Waals surface area contributed by atoms with Gasteiger partial charge in [0, 0.05) is 12.1 Å². The number of hydrogen-bond donors (Lipinski definition) is 1. The summed E-state index contributed by atoms with van der Waals surface area (Å²) in [6, 6.07) is 3.42. The highest BCUT2D eigenvalue weighted by atomic mass is 16.3. The second-order valence-electron chi connectivity index (χ2n) is 4.84. The zero-order chi connectivity index (χ0) is 12.5. The summed E-state index contributed by atoms with van der Waals surface area (Å²) < 4.78 is 1.66. The lowest BCUT2D eigenvalue weighted by Crippen LogP contribution is -2.32. The van der Waals surface area contributed by atoms with Crippen LogP contribution in [0, 0.1) is 0 Å². The molecule has 1 fully saturated rings. The molecule has 3 rings (SSSR count). The highest BCUT2D eigenvalue weighted by molar-refractivity contribution is 5.51. The second kappa shape index (κ2) is 4.57. The molecule has 5 nitrogen and oxygen atoms in total. The van der Waals surface area contributed by atoms with Gasteiger partial charge in [0.15, 0.2) is 17.2 Å². The summed E-state index contributed by atoms with van der Waals surface area (Å²) in [5.41, 5.74) is 0.561. The third-order valence-corrected chi connectivity index (χ3v) is 3.76. The van der Waals surface area contributed by atoms with Crippen molar-refractivity contribution < 1.29 is 5.11 Å². The van der Waals surface area contributed by atoms with Crippen LogP contribution in [0.3, 0.4) is 0 Å². The normalized spacial score (nSPS) is 18.5. The number of rotatable bonds is 2. The van der Waals surface area contributed by atoms with Crippen molar-refractivity contribution in [2.75, 3.05) is 19.6 Å². The number of piperidine rings is 1. The van der Waals surface area contributed by atoms with Crippen LogP contribution in [0.15, 0.2) is 18.3 Å². The fourth-order valence-electron chi connectivity index (χ4n) is 2.59. The molecule has 0 bridgehead atoms. The van der Waals surface area contributed by atoms with Gasteiger partial charge < -0.3 is 10.0 Å². The van der Waals surface area contributed by atoms with Crippen LogP contribution in [0.4, 0.5) is 0 Å². The van der Waals surface area contributed by atoms with Gasteiger partial charge in [-0.15, -0.1) is 0 Å². The van der Waals surface area contributed by atoms with E-state index in [0.29, 0.717) is 11.6 Å². The lowest BCUT2D eigenvalue weighted by atomic mass is 9.96. The molecule has 2 aromatic heterocycles. The number of nitrogens with zero attached hydrogens (tertiary/aromatic N) is 4. The summed E-state index contributed by atoms with van der Waals surface area (Å²) >= 11 is 0. The Balaban J connectivity index is 1.85. The molecule has 5 heteroatoms. The van der Waals surface area contributed by atoms with E-state index < -0.39 is 0 Å². The maximum absolute atomic E-state index is 9.73. The van der Waals surface area contributed by atoms with Crippen LogP contribution in [0.2, 0.25) is 0 Å². The fourth-order valence-corrected chi connectivity index (χ4v) is 2.59. The van der Waals surface area contributed by atoms with Gasteiger partial charge in [-0.2, -0.15) is 5.10 Å². The van der Waals surface area contributed by atoms with E-state index in [1.807, 2.05) is 6.20 Å². The van der Waals surface area contributed by atoms with E-state index in [-0.39, 0.29) is 5.75 Å². The van der Waals surface area contributed by atoms with Gasteiger partial charge in [-0.05, 0) is 44.6 Å². The van der Waals surface area contributed by atoms with Crippen molar-refractivity contribution in [3.05, 3.63) is 24.2 Å². The summed E-state index contributed by atoms with van der Waals surface area (Å²) in [5, 5.41) is 14.2. The Hall–Kier alpha value is -1.62. The van der Waals surface area contributed by atoms with Crippen molar-refractivity contribution in [2.24, 2.45) is 0 Å². The molecule has 1 aliphatic heterocycles. The average molecular weight is 246 g/mol. The molecule has 0 atom stereocenters. The van der Waals surface area contributed by atoms with E-state index in [2.05, 4.69) is 21.9 Å². The largest absolute Gasteiger partial charge is 0.504 e. The first kappa shape index (κ1) is 11.5. The van der Waals surface area contributed by atoms with Crippen molar-refractivity contribution in [1.29, 1.82) is 0 Å². The Morgan fingerprint density at radius 3 is 2.83 bits per heavy atom. The summed E-state index contributed by atoms with van der Waals surface area (Å²) in [4.78, 5) is 6.92. The lowest BCUT2D eigenvalue weighted by Gasteiger charge is -2.29. The maximum Gasteiger partial charge on any atom is 0.197 e. The van der Waals surface area contributed by atoms with Crippen molar-refractivity contribution in [3.8, 4) is 5.75 Å². The molecule has 0 aromatic carbocycles. The zero-order valence-electron chi connectivity index (χ0n) is 10.6. The Morgan fingerprint density at radius 2 is 2.17 bits per heavy atom. The third-order valence-electron chi connectivity index (χ3n) is 3.76. The maximum atomic E-state index is 9.73. The van der Waals surface area contributed by atoms with Crippen LogP contribution < -0.4 is 0 Å². The van der Waals surface area contributed by atoms with Crippen LogP contribution >= 0.6 is 0 Å². The summed E-state index contributed by atoms with van der Waals surface area (Å²) in [6.07, 6.45) is 4.03. The van der Waals surface area contributed by atoms with E-state index in [4.69, 9.17) is 0 Å². The number of aromatic nitrogens is 3. The SMILES string of the molecule is CCN1CCC(c2nc3c(O)cccn3n2)CC1. The average Bonchev–Trinajstić information content (AvgIpc) is 2.84. The standard InChI is InChI=1S/C13H18N4O/c1-2-16-8-5-10(6-9-16)12-14-13-11(18)4-3-7-17(13)15-12/h3-4,7,10,18H,2,5-6,8-9H2,1H3. The van der Waals surface area contributed by atoms with Gasteiger partial charge >= 0.3 is 0 Å². The lowest BCUT2D eigenvalue weighted by molar-refractivity contribution is 0.219. The van der Waals surface area contributed by atoms with Crippen molar-refractivity contribution >= 4 is 5.65 Å². The molecule has 1 saturated heterocycles. The van der Waals surface area contributed by atoms with E-state index in [9.17, 15) is 5.11 Å². The first-order valence-corrected chi connectivity index (χ1v) is 6.54. The number of fused-ring (bicyclic) bond motifs is 1. The predicted molar refractivity (Wildman–Crippen MR) is 68.7 cm³/mol. The topological polar surface area (TPSA) is 53.7 Å². The molecule has 0 unspecified atom stereocenters. The molecule has 0 radical (unpaired) electrons. The molecular formula is C13H18N4O. The molecule has 18 heavy (non-hydrogen) atoms. The molecule has 1 aliphatic rings. The molecule has 96 valence electrons. The van der Waals surface area contributed by atoms with E-state index in [1.165, 1.54) is 0 Å². The zero-order valence-corrected chi connectivity index (χ0v) is 10.6. The summed E-state index contributed by atoms with van der Waals surface area (Å²) in [7, 11) is 0. The fraction of sp³-hybridized carbons (Fsp3) is 0.538. The van der Waals surface area contributed by atoms with Crippen molar-refractivity contribution in [1.82, 2.24) is 19.5 Å². The van der Waals surface area contributed by atoms with Gasteiger partial charge in [0.2, 0.25) is 0 Å². The van der Waals surface area contributed by atoms with Gasteiger partial charge in [-0.1, -0.05) is 6.92 Å². The minimum atomic E-state index is 0.197. The second-order valence-corrected chi connectivity index (χ2v) is 4.84. The Kier molecular flexibility index (Phi) is 2.91. The van der Waals surface area contributed by atoms with Crippen molar-refractivity contribution in [3.63, 3.8) is 0 Å². The molecule has 0 aliphatic carbocycles. The Morgan fingerprint density at radius 1 is 1.39 bits per heavy atom. The predicted octanol–water partition coefficient (Wildman–Crippen LogP) is 1.63.